The third kappa shape index (κ3) is 4.27. The minimum absolute atomic E-state index is 0.131. The van der Waals surface area contributed by atoms with Crippen LogP contribution in [0.25, 0.3) is 0 Å². The van der Waals surface area contributed by atoms with E-state index in [2.05, 4.69) is 45.0 Å². The van der Waals surface area contributed by atoms with Gasteiger partial charge in [-0.3, -0.25) is 0 Å². The van der Waals surface area contributed by atoms with E-state index in [4.69, 9.17) is 5.73 Å². The lowest BCUT2D eigenvalue weighted by Gasteiger charge is -2.21. The normalized spacial score (nSPS) is 11.7. The lowest BCUT2D eigenvalue weighted by molar-refractivity contribution is 0.723. The number of rotatable bonds is 5. The third-order valence-corrected chi connectivity index (χ3v) is 3.57. The predicted molar refractivity (Wildman–Crippen MR) is 69.4 cm³/mol. The molecule has 2 heteroatoms. The molecule has 0 atom stereocenters. The molecule has 0 aliphatic rings. The van der Waals surface area contributed by atoms with Gasteiger partial charge in [0.25, 0.3) is 0 Å². The van der Waals surface area contributed by atoms with Crippen molar-refractivity contribution < 1.29 is 0 Å². The molecular formula is C13H21NS. The van der Waals surface area contributed by atoms with Crippen LogP contribution in [0.3, 0.4) is 0 Å². The van der Waals surface area contributed by atoms with E-state index in [1.165, 1.54) is 23.3 Å². The molecule has 0 spiro atoms. The smallest absolute Gasteiger partial charge is 0.0273 e. The molecule has 0 bridgehead atoms. The van der Waals surface area contributed by atoms with Crippen molar-refractivity contribution in [1.82, 2.24) is 0 Å². The summed E-state index contributed by atoms with van der Waals surface area (Å²) in [7, 11) is 0. The van der Waals surface area contributed by atoms with Crippen LogP contribution in [0.1, 0.15) is 32.8 Å². The molecule has 0 saturated carbocycles. The standard InChI is InChI=1S/C13H21NS/c1-4-5-11-6-8-12(9-7-11)15-13(2,3)10-14/h6-9H,4-5,10,14H2,1-3H3. The van der Waals surface area contributed by atoms with E-state index in [-0.39, 0.29) is 4.75 Å². The van der Waals surface area contributed by atoms with Crippen LogP contribution in [-0.4, -0.2) is 11.3 Å². The molecule has 0 heterocycles. The molecule has 0 radical (unpaired) electrons. The van der Waals surface area contributed by atoms with Crippen LogP contribution < -0.4 is 5.73 Å². The molecule has 1 aromatic rings. The zero-order chi connectivity index (χ0) is 11.3. The van der Waals surface area contributed by atoms with Gasteiger partial charge >= 0.3 is 0 Å². The summed E-state index contributed by atoms with van der Waals surface area (Å²) < 4.78 is 0.131. The van der Waals surface area contributed by atoms with Crippen molar-refractivity contribution in [2.75, 3.05) is 6.54 Å². The van der Waals surface area contributed by atoms with Crippen molar-refractivity contribution in [3.63, 3.8) is 0 Å². The number of hydrogen-bond donors (Lipinski definition) is 1. The molecule has 0 aliphatic carbocycles. The summed E-state index contributed by atoms with van der Waals surface area (Å²) in [6, 6.07) is 8.84. The number of hydrogen-bond acceptors (Lipinski definition) is 2. The molecule has 0 aliphatic heterocycles. The summed E-state index contributed by atoms with van der Waals surface area (Å²) in [5.41, 5.74) is 7.13. The molecule has 1 aromatic carbocycles. The summed E-state index contributed by atoms with van der Waals surface area (Å²) in [6.07, 6.45) is 2.38. The Bertz CT molecular complexity index is 290. The van der Waals surface area contributed by atoms with E-state index in [0.29, 0.717) is 6.54 Å². The van der Waals surface area contributed by atoms with Crippen molar-refractivity contribution in [2.45, 2.75) is 43.3 Å². The third-order valence-electron chi connectivity index (χ3n) is 2.35. The Balaban J connectivity index is 2.64. The van der Waals surface area contributed by atoms with E-state index in [9.17, 15) is 0 Å². The van der Waals surface area contributed by atoms with E-state index < -0.39 is 0 Å². The van der Waals surface area contributed by atoms with Gasteiger partial charge in [0, 0.05) is 16.2 Å². The molecule has 0 unspecified atom stereocenters. The average Bonchev–Trinajstić information content (AvgIpc) is 2.21. The summed E-state index contributed by atoms with van der Waals surface area (Å²) in [5.74, 6) is 0. The van der Waals surface area contributed by atoms with Gasteiger partial charge in [0.2, 0.25) is 0 Å². The maximum absolute atomic E-state index is 5.71. The first-order valence-electron chi connectivity index (χ1n) is 5.55. The molecular weight excluding hydrogens is 202 g/mol. The first kappa shape index (κ1) is 12.6. The van der Waals surface area contributed by atoms with Crippen LogP contribution in [0.5, 0.6) is 0 Å². The second-order valence-corrected chi connectivity index (χ2v) is 6.24. The topological polar surface area (TPSA) is 26.0 Å². The Kier molecular flexibility index (Phi) is 4.68. The fourth-order valence-corrected chi connectivity index (χ4v) is 2.37. The molecule has 0 aromatic heterocycles. The van der Waals surface area contributed by atoms with Gasteiger partial charge in [-0.25, -0.2) is 0 Å². The van der Waals surface area contributed by atoms with Gasteiger partial charge in [-0.05, 0) is 38.0 Å². The Labute approximate surface area is 97.4 Å². The number of benzene rings is 1. The van der Waals surface area contributed by atoms with Crippen LogP contribution >= 0.6 is 11.8 Å². The molecule has 0 saturated heterocycles. The fraction of sp³-hybridized carbons (Fsp3) is 0.538. The van der Waals surface area contributed by atoms with E-state index in [1.807, 2.05) is 11.8 Å². The fourth-order valence-electron chi connectivity index (χ4n) is 1.37. The van der Waals surface area contributed by atoms with Gasteiger partial charge in [0.1, 0.15) is 0 Å². The zero-order valence-electron chi connectivity index (χ0n) is 9.92. The van der Waals surface area contributed by atoms with Crippen molar-refractivity contribution in [1.29, 1.82) is 0 Å². The van der Waals surface area contributed by atoms with Gasteiger partial charge in [-0.1, -0.05) is 25.5 Å². The first-order chi connectivity index (χ1) is 7.07. The van der Waals surface area contributed by atoms with Gasteiger partial charge < -0.3 is 5.73 Å². The van der Waals surface area contributed by atoms with Crippen LogP contribution in [0.4, 0.5) is 0 Å². The highest BCUT2D eigenvalue weighted by Crippen LogP contribution is 2.31. The summed E-state index contributed by atoms with van der Waals surface area (Å²) in [6.45, 7) is 7.27. The van der Waals surface area contributed by atoms with E-state index >= 15 is 0 Å². The Morgan fingerprint density at radius 3 is 2.27 bits per heavy atom. The van der Waals surface area contributed by atoms with E-state index in [1.54, 1.807) is 0 Å². The first-order valence-corrected chi connectivity index (χ1v) is 6.37. The van der Waals surface area contributed by atoms with Crippen molar-refractivity contribution >= 4 is 11.8 Å². The molecule has 1 rings (SSSR count). The van der Waals surface area contributed by atoms with Crippen LogP contribution in [0.15, 0.2) is 29.2 Å². The van der Waals surface area contributed by atoms with Crippen LogP contribution in [0, 0.1) is 0 Å². The minimum Gasteiger partial charge on any atom is -0.329 e. The highest BCUT2D eigenvalue weighted by Gasteiger charge is 2.16. The van der Waals surface area contributed by atoms with Crippen LogP contribution in [-0.2, 0) is 6.42 Å². The Morgan fingerprint density at radius 2 is 1.80 bits per heavy atom. The van der Waals surface area contributed by atoms with Crippen molar-refractivity contribution in [3.05, 3.63) is 29.8 Å². The largest absolute Gasteiger partial charge is 0.329 e. The van der Waals surface area contributed by atoms with E-state index in [0.717, 1.165) is 0 Å². The van der Waals surface area contributed by atoms with Gasteiger partial charge in [0.05, 0.1) is 0 Å². The number of thioether (sulfide) groups is 1. The van der Waals surface area contributed by atoms with Crippen molar-refractivity contribution in [3.8, 4) is 0 Å². The van der Waals surface area contributed by atoms with Crippen LogP contribution in [0.2, 0.25) is 0 Å². The second kappa shape index (κ2) is 5.57. The molecule has 0 fully saturated rings. The molecule has 1 nitrogen and oxygen atoms in total. The number of nitrogens with two attached hydrogens (primary N) is 1. The summed E-state index contributed by atoms with van der Waals surface area (Å²) >= 11 is 1.85. The average molecular weight is 223 g/mol. The lowest BCUT2D eigenvalue weighted by Crippen LogP contribution is -2.26. The highest BCUT2D eigenvalue weighted by atomic mass is 32.2. The molecule has 15 heavy (non-hydrogen) atoms. The quantitative estimate of drug-likeness (QED) is 0.774. The van der Waals surface area contributed by atoms with Crippen molar-refractivity contribution in [2.24, 2.45) is 5.73 Å². The Morgan fingerprint density at radius 1 is 1.20 bits per heavy atom. The molecule has 84 valence electrons. The maximum atomic E-state index is 5.71. The monoisotopic (exact) mass is 223 g/mol. The Hall–Kier alpha value is -0.470. The highest BCUT2D eigenvalue weighted by molar-refractivity contribution is 8.00. The predicted octanol–water partition coefficient (Wildman–Crippen LogP) is 3.47. The summed E-state index contributed by atoms with van der Waals surface area (Å²) in [5, 5.41) is 0. The molecule has 2 N–H and O–H groups in total. The van der Waals surface area contributed by atoms with Gasteiger partial charge in [-0.15, -0.1) is 11.8 Å². The van der Waals surface area contributed by atoms with Gasteiger partial charge in [0.15, 0.2) is 0 Å². The minimum atomic E-state index is 0.131. The molecule has 0 amide bonds. The SMILES string of the molecule is CCCc1ccc(SC(C)(C)CN)cc1. The lowest BCUT2D eigenvalue weighted by atomic mass is 10.1. The maximum Gasteiger partial charge on any atom is 0.0273 e. The summed E-state index contributed by atoms with van der Waals surface area (Å²) in [4.78, 5) is 1.31. The zero-order valence-corrected chi connectivity index (χ0v) is 10.7. The number of aryl methyl sites for hydroxylation is 1. The van der Waals surface area contributed by atoms with Gasteiger partial charge in [-0.2, -0.15) is 0 Å². The second-order valence-electron chi connectivity index (χ2n) is 4.46.